The van der Waals surface area contributed by atoms with Crippen molar-refractivity contribution in [2.24, 2.45) is 0 Å². The highest BCUT2D eigenvalue weighted by atomic mass is 16.3. The second-order valence-corrected chi connectivity index (χ2v) is 14.4. The summed E-state index contributed by atoms with van der Waals surface area (Å²) in [6.45, 7) is 7.29. The Morgan fingerprint density at radius 2 is 1.29 bits per heavy atom. The first-order valence-corrected chi connectivity index (χ1v) is 17.3. The summed E-state index contributed by atoms with van der Waals surface area (Å²) in [5.41, 5.74) is 12.8. The highest BCUT2D eigenvalue weighted by Gasteiger charge is 2.48. The van der Waals surface area contributed by atoms with Gasteiger partial charge in [-0.05, 0) is 90.2 Å². The van der Waals surface area contributed by atoms with E-state index in [4.69, 9.17) is 4.42 Å². The zero-order chi connectivity index (χ0) is 32.9. The molecule has 1 aliphatic heterocycles. The van der Waals surface area contributed by atoms with Gasteiger partial charge in [-0.15, -0.1) is 0 Å². The fourth-order valence-electron chi connectivity index (χ4n) is 8.95. The second-order valence-electron chi connectivity index (χ2n) is 14.4. The fraction of sp³-hybridized carbons (Fsp3) is 0.130. The number of benzene rings is 6. The number of nitrogens with zero attached hydrogens (tertiary/aromatic N) is 2. The summed E-state index contributed by atoms with van der Waals surface area (Å²) in [6, 6.07) is 50.1. The van der Waals surface area contributed by atoms with Gasteiger partial charge < -0.3 is 13.9 Å². The van der Waals surface area contributed by atoms with Crippen LogP contribution in [0, 0.1) is 0 Å². The van der Waals surface area contributed by atoms with Crippen LogP contribution in [0.25, 0.3) is 49.3 Å². The van der Waals surface area contributed by atoms with Crippen molar-refractivity contribution in [3.05, 3.63) is 168 Å². The first kappa shape index (κ1) is 28.2. The predicted molar refractivity (Wildman–Crippen MR) is 205 cm³/mol. The summed E-state index contributed by atoms with van der Waals surface area (Å²) < 4.78 is 9.31. The van der Waals surface area contributed by atoms with Gasteiger partial charge in [0.25, 0.3) is 0 Å². The Hall–Kier alpha value is -5.80. The lowest BCUT2D eigenvalue weighted by Gasteiger charge is -2.49. The minimum absolute atomic E-state index is 0.221. The van der Waals surface area contributed by atoms with Crippen molar-refractivity contribution < 1.29 is 4.42 Å². The van der Waals surface area contributed by atoms with Crippen molar-refractivity contribution in [1.82, 2.24) is 4.57 Å². The molecule has 49 heavy (non-hydrogen) atoms. The van der Waals surface area contributed by atoms with Crippen molar-refractivity contribution in [1.29, 1.82) is 0 Å². The van der Waals surface area contributed by atoms with Crippen LogP contribution >= 0.6 is 0 Å². The molecule has 0 radical (unpaired) electrons. The van der Waals surface area contributed by atoms with E-state index in [1.807, 2.05) is 0 Å². The molecule has 3 nitrogen and oxygen atoms in total. The SMILES string of the molecule is CC1(C)C2=CC(c3cccc(N(c4ccccc4)c4ccccc4)c3)=CCC2(C)n2c3ccccc3c3c4oc5ccccc5c4cc1c32. The van der Waals surface area contributed by atoms with Gasteiger partial charge in [-0.1, -0.05) is 111 Å². The molecule has 8 aromatic rings. The molecule has 2 aliphatic rings. The lowest BCUT2D eigenvalue weighted by Crippen LogP contribution is -2.45. The van der Waals surface area contributed by atoms with E-state index in [-0.39, 0.29) is 11.0 Å². The van der Waals surface area contributed by atoms with Crippen molar-refractivity contribution in [2.45, 2.75) is 38.1 Å². The van der Waals surface area contributed by atoms with Gasteiger partial charge in [0.1, 0.15) is 11.2 Å². The summed E-state index contributed by atoms with van der Waals surface area (Å²) in [6.07, 6.45) is 5.85. The molecule has 236 valence electrons. The fourth-order valence-corrected chi connectivity index (χ4v) is 8.95. The summed E-state index contributed by atoms with van der Waals surface area (Å²) >= 11 is 0. The number of hydrogen-bond acceptors (Lipinski definition) is 2. The van der Waals surface area contributed by atoms with Crippen LogP contribution in [0.2, 0.25) is 0 Å². The number of rotatable bonds is 4. The maximum Gasteiger partial charge on any atom is 0.145 e. The zero-order valence-corrected chi connectivity index (χ0v) is 27.9. The molecule has 2 aromatic heterocycles. The first-order valence-electron chi connectivity index (χ1n) is 17.3. The Balaban J connectivity index is 1.18. The van der Waals surface area contributed by atoms with Crippen molar-refractivity contribution in [3.8, 4) is 0 Å². The number of furan rings is 1. The van der Waals surface area contributed by atoms with E-state index in [9.17, 15) is 0 Å². The summed E-state index contributed by atoms with van der Waals surface area (Å²) in [7, 11) is 0. The predicted octanol–water partition coefficient (Wildman–Crippen LogP) is 12.6. The Morgan fingerprint density at radius 3 is 2.04 bits per heavy atom. The molecule has 0 N–H and O–H groups in total. The van der Waals surface area contributed by atoms with E-state index >= 15 is 0 Å². The van der Waals surface area contributed by atoms with Gasteiger partial charge in [-0.25, -0.2) is 0 Å². The maximum absolute atomic E-state index is 6.67. The Bertz CT molecular complexity index is 2630. The Labute approximate surface area is 286 Å². The number of para-hydroxylation sites is 4. The van der Waals surface area contributed by atoms with Crippen LogP contribution in [0.4, 0.5) is 17.1 Å². The standard InChI is InChI=1S/C46H36N2O/c1-45(2)38-29-37-35-21-11-13-24-40(35)49-44(37)42-36-22-10-12-23-39(36)48(43(38)42)46(3)26-25-31(28-41(45)46)30-15-14-20-34(27-30)47(32-16-6-4-7-17-32)33-18-8-5-9-19-33/h4-25,27-29H,26H2,1-3H3. The molecule has 6 aromatic carbocycles. The van der Waals surface area contributed by atoms with Crippen molar-refractivity contribution >= 4 is 66.4 Å². The molecule has 0 fully saturated rings. The number of allylic oxidation sites excluding steroid dienone is 4. The number of hydrogen-bond donors (Lipinski definition) is 0. The van der Waals surface area contributed by atoms with Gasteiger partial charge in [0, 0.05) is 38.6 Å². The highest BCUT2D eigenvalue weighted by molar-refractivity contribution is 6.25. The molecule has 0 saturated heterocycles. The third-order valence-corrected chi connectivity index (χ3v) is 11.2. The Kier molecular flexibility index (Phi) is 5.82. The van der Waals surface area contributed by atoms with Crippen LogP contribution in [0.1, 0.15) is 38.3 Å². The summed E-state index contributed by atoms with van der Waals surface area (Å²) in [5.74, 6) is 0. The molecule has 0 amide bonds. The van der Waals surface area contributed by atoms with E-state index < -0.39 is 0 Å². The minimum atomic E-state index is -0.237. The quantitative estimate of drug-likeness (QED) is 0.192. The number of fused-ring (bicyclic) bond motifs is 9. The molecule has 0 bridgehead atoms. The van der Waals surface area contributed by atoms with E-state index in [2.05, 4.69) is 182 Å². The van der Waals surface area contributed by atoms with Gasteiger partial charge in [0.2, 0.25) is 0 Å². The zero-order valence-electron chi connectivity index (χ0n) is 27.9. The second kappa shape index (κ2) is 10.1. The molecule has 1 atom stereocenters. The van der Waals surface area contributed by atoms with E-state index in [1.54, 1.807) is 0 Å². The lowest BCUT2D eigenvalue weighted by molar-refractivity contribution is 0.337. The van der Waals surface area contributed by atoms with E-state index in [0.29, 0.717) is 0 Å². The van der Waals surface area contributed by atoms with Gasteiger partial charge in [0.05, 0.1) is 22.0 Å². The summed E-state index contributed by atoms with van der Waals surface area (Å²) in [5, 5.41) is 4.86. The molecule has 1 unspecified atom stereocenters. The third-order valence-electron chi connectivity index (χ3n) is 11.2. The number of aromatic nitrogens is 1. The molecule has 0 saturated carbocycles. The monoisotopic (exact) mass is 632 g/mol. The van der Waals surface area contributed by atoms with E-state index in [0.717, 1.165) is 34.6 Å². The maximum atomic E-state index is 6.67. The van der Waals surface area contributed by atoms with Gasteiger partial charge in [-0.3, -0.25) is 0 Å². The first-order chi connectivity index (χ1) is 23.9. The molecule has 10 rings (SSSR count). The number of anilines is 3. The van der Waals surface area contributed by atoms with E-state index in [1.165, 1.54) is 54.9 Å². The smallest absolute Gasteiger partial charge is 0.145 e. The Morgan fingerprint density at radius 1 is 0.633 bits per heavy atom. The van der Waals surface area contributed by atoms with Crippen LogP contribution in [-0.4, -0.2) is 4.57 Å². The average molecular weight is 633 g/mol. The lowest BCUT2D eigenvalue weighted by atomic mass is 9.63. The molecule has 3 heteroatoms. The molecular weight excluding hydrogens is 597 g/mol. The minimum Gasteiger partial charge on any atom is -0.455 e. The van der Waals surface area contributed by atoms with Gasteiger partial charge in [0.15, 0.2) is 0 Å². The van der Waals surface area contributed by atoms with Gasteiger partial charge in [-0.2, -0.15) is 0 Å². The van der Waals surface area contributed by atoms with Crippen LogP contribution in [0.5, 0.6) is 0 Å². The molecule has 1 aliphatic carbocycles. The largest absolute Gasteiger partial charge is 0.455 e. The summed E-state index contributed by atoms with van der Waals surface area (Å²) in [4.78, 5) is 2.34. The van der Waals surface area contributed by atoms with Gasteiger partial charge >= 0.3 is 0 Å². The topological polar surface area (TPSA) is 21.3 Å². The highest BCUT2D eigenvalue weighted by Crippen LogP contribution is 2.57. The van der Waals surface area contributed by atoms with Crippen LogP contribution in [0.15, 0.2) is 162 Å². The molecule has 0 spiro atoms. The van der Waals surface area contributed by atoms with Crippen LogP contribution in [-0.2, 0) is 11.0 Å². The normalized spacial score (nSPS) is 18.1. The molecular formula is C46H36N2O. The van der Waals surface area contributed by atoms with Crippen molar-refractivity contribution in [2.75, 3.05) is 4.90 Å². The average Bonchev–Trinajstić information content (AvgIpc) is 3.69. The van der Waals surface area contributed by atoms with Crippen LogP contribution < -0.4 is 4.90 Å². The van der Waals surface area contributed by atoms with Crippen molar-refractivity contribution in [3.63, 3.8) is 0 Å². The van der Waals surface area contributed by atoms with Crippen LogP contribution in [0.3, 0.4) is 0 Å². The molecule has 3 heterocycles. The third kappa shape index (κ3) is 3.90.